The molecule has 88 valence electrons. The minimum absolute atomic E-state index is 0.150. The Labute approximate surface area is 96.0 Å². The van der Waals surface area contributed by atoms with Crippen LogP contribution < -0.4 is 0 Å². The van der Waals surface area contributed by atoms with Gasteiger partial charge in [-0.25, -0.2) is 8.42 Å². The lowest BCUT2D eigenvalue weighted by atomic mass is 9.90. The molecule has 1 heterocycles. The second-order valence-electron chi connectivity index (χ2n) is 4.59. The molecule has 3 nitrogen and oxygen atoms in total. The third-order valence-corrected chi connectivity index (χ3v) is 4.92. The summed E-state index contributed by atoms with van der Waals surface area (Å²) in [4.78, 5) is 0. The SMILES string of the molecule is Cc1ccc(C2(O)CCCS(=O)(=O)C2)cc1. The first kappa shape index (κ1) is 11.6. The number of aliphatic hydroxyl groups is 1. The number of aryl methyl sites for hydroxylation is 1. The van der Waals surface area contributed by atoms with Gasteiger partial charge in [0.25, 0.3) is 0 Å². The van der Waals surface area contributed by atoms with Gasteiger partial charge in [0.15, 0.2) is 9.84 Å². The molecular weight excluding hydrogens is 224 g/mol. The first-order valence-electron chi connectivity index (χ1n) is 5.41. The van der Waals surface area contributed by atoms with E-state index in [-0.39, 0.29) is 11.5 Å². The van der Waals surface area contributed by atoms with E-state index in [0.29, 0.717) is 18.4 Å². The maximum Gasteiger partial charge on any atom is 0.153 e. The lowest BCUT2D eigenvalue weighted by Gasteiger charge is -2.32. The predicted molar refractivity (Wildman–Crippen MR) is 63.0 cm³/mol. The summed E-state index contributed by atoms with van der Waals surface area (Å²) in [5.41, 5.74) is 0.623. The average molecular weight is 240 g/mol. The Hall–Kier alpha value is -0.870. The van der Waals surface area contributed by atoms with Gasteiger partial charge in [0.2, 0.25) is 0 Å². The Morgan fingerprint density at radius 1 is 1.25 bits per heavy atom. The van der Waals surface area contributed by atoms with Crippen LogP contribution in [-0.2, 0) is 15.4 Å². The van der Waals surface area contributed by atoms with Crippen molar-refractivity contribution in [1.82, 2.24) is 0 Å². The summed E-state index contributed by atoms with van der Waals surface area (Å²) < 4.78 is 23.1. The van der Waals surface area contributed by atoms with Crippen molar-refractivity contribution in [2.75, 3.05) is 11.5 Å². The molecule has 1 N–H and O–H groups in total. The Morgan fingerprint density at radius 3 is 2.44 bits per heavy atom. The molecule has 0 aliphatic carbocycles. The van der Waals surface area contributed by atoms with Crippen molar-refractivity contribution in [2.24, 2.45) is 0 Å². The van der Waals surface area contributed by atoms with Crippen LogP contribution in [-0.4, -0.2) is 25.0 Å². The molecule has 0 saturated carbocycles. The fraction of sp³-hybridized carbons (Fsp3) is 0.500. The number of hydrogen-bond acceptors (Lipinski definition) is 3. The van der Waals surface area contributed by atoms with E-state index in [9.17, 15) is 13.5 Å². The number of sulfone groups is 1. The first-order valence-corrected chi connectivity index (χ1v) is 7.23. The second kappa shape index (κ2) is 3.86. The van der Waals surface area contributed by atoms with Gasteiger partial charge in [0.05, 0.1) is 11.5 Å². The smallest absolute Gasteiger partial charge is 0.153 e. The number of benzene rings is 1. The van der Waals surface area contributed by atoms with E-state index in [2.05, 4.69) is 0 Å². The Morgan fingerprint density at radius 2 is 1.88 bits per heavy atom. The highest BCUT2D eigenvalue weighted by atomic mass is 32.2. The summed E-state index contributed by atoms with van der Waals surface area (Å²) in [5.74, 6) is 0.0459. The van der Waals surface area contributed by atoms with Gasteiger partial charge in [0, 0.05) is 0 Å². The lowest BCUT2D eigenvalue weighted by Crippen LogP contribution is -2.39. The molecule has 1 aliphatic rings. The summed E-state index contributed by atoms with van der Waals surface area (Å²) in [6.07, 6.45) is 1.06. The molecule has 1 aliphatic heterocycles. The second-order valence-corrected chi connectivity index (χ2v) is 6.78. The fourth-order valence-corrected chi connectivity index (χ4v) is 3.95. The molecule has 0 amide bonds. The van der Waals surface area contributed by atoms with Crippen LogP contribution in [0.3, 0.4) is 0 Å². The van der Waals surface area contributed by atoms with Crippen LogP contribution in [0.15, 0.2) is 24.3 Å². The van der Waals surface area contributed by atoms with Crippen molar-refractivity contribution in [1.29, 1.82) is 0 Å². The lowest BCUT2D eigenvalue weighted by molar-refractivity contribution is 0.0467. The van der Waals surface area contributed by atoms with E-state index in [0.717, 1.165) is 5.56 Å². The maximum atomic E-state index is 11.5. The van der Waals surface area contributed by atoms with Crippen molar-refractivity contribution in [3.8, 4) is 0 Å². The molecule has 2 rings (SSSR count). The molecule has 0 bridgehead atoms. The highest BCUT2D eigenvalue weighted by Crippen LogP contribution is 2.32. The molecule has 1 atom stereocenters. The van der Waals surface area contributed by atoms with Gasteiger partial charge in [-0.3, -0.25) is 0 Å². The van der Waals surface area contributed by atoms with Crippen LogP contribution >= 0.6 is 0 Å². The molecular formula is C12H16O3S. The Balaban J connectivity index is 2.35. The molecule has 1 fully saturated rings. The monoisotopic (exact) mass is 240 g/mol. The predicted octanol–water partition coefficient (Wildman–Crippen LogP) is 1.39. The quantitative estimate of drug-likeness (QED) is 0.807. The van der Waals surface area contributed by atoms with Crippen LogP contribution in [0.4, 0.5) is 0 Å². The van der Waals surface area contributed by atoms with Gasteiger partial charge in [-0.2, -0.15) is 0 Å². The van der Waals surface area contributed by atoms with Crippen LogP contribution in [0.5, 0.6) is 0 Å². The van der Waals surface area contributed by atoms with Crippen molar-refractivity contribution >= 4 is 9.84 Å². The zero-order valence-electron chi connectivity index (χ0n) is 9.31. The Kier molecular flexibility index (Phi) is 2.80. The number of hydrogen-bond donors (Lipinski definition) is 1. The van der Waals surface area contributed by atoms with E-state index < -0.39 is 15.4 Å². The van der Waals surface area contributed by atoms with E-state index in [1.54, 1.807) is 0 Å². The number of rotatable bonds is 1. The van der Waals surface area contributed by atoms with Crippen LogP contribution in [0.2, 0.25) is 0 Å². The van der Waals surface area contributed by atoms with Crippen LogP contribution in [0.25, 0.3) is 0 Å². The molecule has 1 aromatic carbocycles. The van der Waals surface area contributed by atoms with Crippen molar-refractivity contribution in [3.63, 3.8) is 0 Å². The van der Waals surface area contributed by atoms with E-state index in [4.69, 9.17) is 0 Å². The first-order chi connectivity index (χ1) is 7.41. The summed E-state index contributed by atoms with van der Waals surface area (Å²) in [7, 11) is -3.10. The maximum absolute atomic E-state index is 11.5. The molecule has 1 unspecified atom stereocenters. The van der Waals surface area contributed by atoms with Gasteiger partial charge in [-0.1, -0.05) is 29.8 Å². The average Bonchev–Trinajstić information content (AvgIpc) is 2.16. The van der Waals surface area contributed by atoms with Gasteiger partial charge in [-0.05, 0) is 25.3 Å². The topological polar surface area (TPSA) is 54.4 Å². The van der Waals surface area contributed by atoms with Crippen molar-refractivity contribution in [3.05, 3.63) is 35.4 Å². The van der Waals surface area contributed by atoms with Gasteiger partial charge in [0.1, 0.15) is 5.60 Å². The summed E-state index contributed by atoms with van der Waals surface area (Å²) in [6.45, 7) is 1.96. The normalized spacial score (nSPS) is 28.9. The van der Waals surface area contributed by atoms with E-state index >= 15 is 0 Å². The van der Waals surface area contributed by atoms with Crippen LogP contribution in [0.1, 0.15) is 24.0 Å². The van der Waals surface area contributed by atoms with E-state index in [1.165, 1.54) is 0 Å². The zero-order chi connectivity index (χ0) is 11.8. The molecule has 1 saturated heterocycles. The highest BCUT2D eigenvalue weighted by Gasteiger charge is 2.38. The van der Waals surface area contributed by atoms with Gasteiger partial charge < -0.3 is 5.11 Å². The molecule has 0 radical (unpaired) electrons. The van der Waals surface area contributed by atoms with Crippen molar-refractivity contribution < 1.29 is 13.5 Å². The molecule has 1 aromatic rings. The van der Waals surface area contributed by atoms with Crippen molar-refractivity contribution in [2.45, 2.75) is 25.4 Å². The largest absolute Gasteiger partial charge is 0.384 e. The van der Waals surface area contributed by atoms with Gasteiger partial charge >= 0.3 is 0 Å². The standard InChI is InChI=1S/C12H16O3S/c1-10-3-5-11(6-4-10)12(13)7-2-8-16(14,15)9-12/h3-6,13H,2,7-9H2,1H3. The fourth-order valence-electron chi connectivity index (χ4n) is 2.18. The summed E-state index contributed by atoms with van der Waals surface area (Å²) in [5, 5.41) is 10.4. The minimum atomic E-state index is -3.10. The minimum Gasteiger partial charge on any atom is -0.384 e. The third-order valence-electron chi connectivity index (χ3n) is 3.09. The molecule has 16 heavy (non-hydrogen) atoms. The molecule has 4 heteroatoms. The highest BCUT2D eigenvalue weighted by molar-refractivity contribution is 7.91. The van der Waals surface area contributed by atoms with E-state index in [1.807, 2.05) is 31.2 Å². The van der Waals surface area contributed by atoms with Crippen LogP contribution in [0, 0.1) is 6.92 Å². The zero-order valence-corrected chi connectivity index (χ0v) is 10.1. The van der Waals surface area contributed by atoms with Gasteiger partial charge in [-0.15, -0.1) is 0 Å². The third kappa shape index (κ3) is 2.28. The summed E-state index contributed by atoms with van der Waals surface area (Å²) >= 11 is 0. The Bertz CT molecular complexity index is 475. The molecule has 0 spiro atoms. The summed E-state index contributed by atoms with van der Waals surface area (Å²) in [6, 6.07) is 7.43. The molecule has 0 aromatic heterocycles.